The fourth-order valence-corrected chi connectivity index (χ4v) is 2.53. The number of nitrogens with zero attached hydrogens (tertiary/aromatic N) is 2. The molecule has 0 spiro atoms. The Labute approximate surface area is 137 Å². The van der Waals surface area contributed by atoms with Crippen molar-refractivity contribution in [3.05, 3.63) is 72.3 Å². The first-order valence-electron chi connectivity index (χ1n) is 7.79. The number of carbonyl (C=O) groups is 1. The maximum Gasteiger partial charge on any atom is 0.225 e. The summed E-state index contributed by atoms with van der Waals surface area (Å²) in [6, 6.07) is 10.5. The van der Waals surface area contributed by atoms with Gasteiger partial charge in [-0.15, -0.1) is 6.58 Å². The Kier molecular flexibility index (Phi) is 5.74. The van der Waals surface area contributed by atoms with E-state index in [1.165, 1.54) is 12.1 Å². The molecule has 1 aromatic carbocycles. The molecule has 0 aliphatic heterocycles. The molecule has 0 unspecified atom stereocenters. The van der Waals surface area contributed by atoms with E-state index in [1.807, 2.05) is 42.8 Å². The quantitative estimate of drug-likeness (QED) is 0.713. The van der Waals surface area contributed by atoms with Crippen LogP contribution >= 0.6 is 0 Å². The van der Waals surface area contributed by atoms with Gasteiger partial charge in [-0.25, -0.2) is 4.39 Å². The van der Waals surface area contributed by atoms with Crippen molar-refractivity contribution in [1.82, 2.24) is 9.47 Å². The minimum atomic E-state index is -0.237. The van der Waals surface area contributed by atoms with Crippen LogP contribution in [-0.4, -0.2) is 21.9 Å². The van der Waals surface area contributed by atoms with Crippen LogP contribution in [0.2, 0.25) is 0 Å². The minimum absolute atomic E-state index is 0.0541. The van der Waals surface area contributed by atoms with Crippen molar-refractivity contribution in [2.75, 3.05) is 6.54 Å². The molecule has 0 fully saturated rings. The zero-order chi connectivity index (χ0) is 16.8. The van der Waals surface area contributed by atoms with Crippen LogP contribution in [0, 0.1) is 11.7 Å². The van der Waals surface area contributed by atoms with Gasteiger partial charge in [-0.1, -0.05) is 32.1 Å². The third-order valence-corrected chi connectivity index (χ3v) is 3.67. The Bertz CT molecular complexity index is 676. The van der Waals surface area contributed by atoms with E-state index in [0.717, 1.165) is 11.3 Å². The monoisotopic (exact) mass is 314 g/mol. The molecule has 0 aliphatic rings. The number of aromatic nitrogens is 1. The Morgan fingerprint density at radius 1 is 1.35 bits per heavy atom. The highest BCUT2D eigenvalue weighted by Gasteiger charge is 2.17. The molecule has 0 bridgehead atoms. The molecule has 0 atom stereocenters. The van der Waals surface area contributed by atoms with Gasteiger partial charge in [0.15, 0.2) is 0 Å². The molecule has 0 N–H and O–H groups in total. The summed E-state index contributed by atoms with van der Waals surface area (Å²) in [5.41, 5.74) is 1.91. The van der Waals surface area contributed by atoms with Crippen LogP contribution in [0.15, 0.2) is 55.3 Å². The van der Waals surface area contributed by atoms with E-state index in [9.17, 15) is 9.18 Å². The molecule has 4 heteroatoms. The van der Waals surface area contributed by atoms with Gasteiger partial charge in [-0.05, 0) is 29.8 Å². The van der Waals surface area contributed by atoms with Gasteiger partial charge in [0.2, 0.25) is 5.91 Å². The van der Waals surface area contributed by atoms with Gasteiger partial charge in [-0.3, -0.25) is 4.79 Å². The molecule has 0 aliphatic carbocycles. The smallest absolute Gasteiger partial charge is 0.225 e. The number of hydrogen-bond donors (Lipinski definition) is 0. The topological polar surface area (TPSA) is 25.2 Å². The van der Waals surface area contributed by atoms with E-state index < -0.39 is 0 Å². The summed E-state index contributed by atoms with van der Waals surface area (Å²) in [5.74, 6) is -0.190. The predicted molar refractivity (Wildman–Crippen MR) is 90.4 cm³/mol. The van der Waals surface area contributed by atoms with E-state index in [2.05, 4.69) is 6.58 Å². The van der Waals surface area contributed by atoms with E-state index in [-0.39, 0.29) is 17.6 Å². The standard InChI is InChI=1S/C19H23FN2O/c1-4-10-22(19(23)15(2)3)14-18-9-6-11-21(18)13-16-7-5-8-17(20)12-16/h4-9,11-12,15H,1,10,13-14H2,2-3H3. The van der Waals surface area contributed by atoms with Crippen LogP contribution in [0.1, 0.15) is 25.1 Å². The fourth-order valence-electron chi connectivity index (χ4n) is 2.53. The van der Waals surface area contributed by atoms with Gasteiger partial charge < -0.3 is 9.47 Å². The summed E-state index contributed by atoms with van der Waals surface area (Å²) in [5, 5.41) is 0. The van der Waals surface area contributed by atoms with Gasteiger partial charge in [0, 0.05) is 30.9 Å². The average Bonchev–Trinajstić information content (AvgIpc) is 2.93. The van der Waals surface area contributed by atoms with Crippen molar-refractivity contribution < 1.29 is 9.18 Å². The molecule has 1 heterocycles. The van der Waals surface area contributed by atoms with Crippen LogP contribution < -0.4 is 0 Å². The third kappa shape index (κ3) is 4.55. The summed E-state index contributed by atoms with van der Waals surface area (Å²) in [4.78, 5) is 14.1. The Balaban J connectivity index is 2.16. The second-order valence-electron chi connectivity index (χ2n) is 5.92. The lowest BCUT2D eigenvalue weighted by Crippen LogP contribution is -2.34. The van der Waals surface area contributed by atoms with Crippen LogP contribution in [0.3, 0.4) is 0 Å². The summed E-state index contributed by atoms with van der Waals surface area (Å²) in [6.07, 6.45) is 3.69. The third-order valence-electron chi connectivity index (χ3n) is 3.67. The van der Waals surface area contributed by atoms with Gasteiger partial charge in [0.05, 0.1) is 6.54 Å². The number of benzene rings is 1. The van der Waals surface area contributed by atoms with E-state index in [4.69, 9.17) is 0 Å². The molecule has 122 valence electrons. The van der Waals surface area contributed by atoms with Crippen molar-refractivity contribution in [1.29, 1.82) is 0 Å². The SMILES string of the molecule is C=CCN(Cc1cccn1Cc1cccc(F)c1)C(=O)C(C)C. The number of halogens is 1. The molecule has 2 rings (SSSR count). The van der Waals surface area contributed by atoms with Crippen molar-refractivity contribution in [3.8, 4) is 0 Å². The zero-order valence-corrected chi connectivity index (χ0v) is 13.7. The van der Waals surface area contributed by atoms with Crippen molar-refractivity contribution in [3.63, 3.8) is 0 Å². The summed E-state index contributed by atoms with van der Waals surface area (Å²) in [7, 11) is 0. The molecule has 1 amide bonds. The molecular weight excluding hydrogens is 291 g/mol. The van der Waals surface area contributed by atoms with Gasteiger partial charge in [0.25, 0.3) is 0 Å². The van der Waals surface area contributed by atoms with Crippen molar-refractivity contribution in [2.45, 2.75) is 26.9 Å². The van der Waals surface area contributed by atoms with Crippen molar-refractivity contribution >= 4 is 5.91 Å². The molecule has 2 aromatic rings. The molecule has 0 saturated heterocycles. The lowest BCUT2D eigenvalue weighted by molar-refractivity contribution is -0.134. The number of amides is 1. The van der Waals surface area contributed by atoms with E-state index in [0.29, 0.717) is 19.6 Å². The second-order valence-corrected chi connectivity index (χ2v) is 5.92. The van der Waals surface area contributed by atoms with Crippen LogP contribution in [0.4, 0.5) is 4.39 Å². The molecule has 3 nitrogen and oxygen atoms in total. The highest BCUT2D eigenvalue weighted by molar-refractivity contribution is 5.78. The normalized spacial score (nSPS) is 10.8. The highest BCUT2D eigenvalue weighted by Crippen LogP contribution is 2.13. The maximum atomic E-state index is 13.3. The van der Waals surface area contributed by atoms with Gasteiger partial charge in [-0.2, -0.15) is 0 Å². The summed E-state index contributed by atoms with van der Waals surface area (Å²) >= 11 is 0. The highest BCUT2D eigenvalue weighted by atomic mass is 19.1. The maximum absolute atomic E-state index is 13.3. The summed E-state index contributed by atoms with van der Waals surface area (Å²) < 4.78 is 15.4. The molecule has 0 saturated carbocycles. The molecule has 23 heavy (non-hydrogen) atoms. The predicted octanol–water partition coefficient (Wildman–Crippen LogP) is 3.85. The first-order valence-corrected chi connectivity index (χ1v) is 7.79. The Morgan fingerprint density at radius 3 is 2.78 bits per heavy atom. The first-order chi connectivity index (χ1) is 11.0. The second kappa shape index (κ2) is 7.77. The molecule has 0 radical (unpaired) electrons. The first kappa shape index (κ1) is 17.0. The van der Waals surface area contributed by atoms with E-state index >= 15 is 0 Å². The van der Waals surface area contributed by atoms with Crippen molar-refractivity contribution in [2.24, 2.45) is 5.92 Å². The Morgan fingerprint density at radius 2 is 2.13 bits per heavy atom. The number of rotatable bonds is 7. The molecular formula is C19H23FN2O. The van der Waals surface area contributed by atoms with Crippen LogP contribution in [0.5, 0.6) is 0 Å². The fraction of sp³-hybridized carbons (Fsp3) is 0.316. The lowest BCUT2D eigenvalue weighted by atomic mass is 10.2. The minimum Gasteiger partial charge on any atom is -0.345 e. The lowest BCUT2D eigenvalue weighted by Gasteiger charge is -2.24. The van der Waals surface area contributed by atoms with Gasteiger partial charge in [0.1, 0.15) is 5.82 Å². The average molecular weight is 314 g/mol. The Hall–Kier alpha value is -2.36. The van der Waals surface area contributed by atoms with Crippen LogP contribution in [0.25, 0.3) is 0 Å². The zero-order valence-electron chi connectivity index (χ0n) is 13.7. The largest absolute Gasteiger partial charge is 0.345 e. The molecule has 1 aromatic heterocycles. The van der Waals surface area contributed by atoms with Crippen LogP contribution in [-0.2, 0) is 17.9 Å². The summed E-state index contributed by atoms with van der Waals surface area (Å²) in [6.45, 7) is 9.13. The number of carbonyl (C=O) groups excluding carboxylic acids is 1. The van der Waals surface area contributed by atoms with E-state index in [1.54, 1.807) is 17.0 Å². The van der Waals surface area contributed by atoms with Gasteiger partial charge >= 0.3 is 0 Å². The number of hydrogen-bond acceptors (Lipinski definition) is 1.